The van der Waals surface area contributed by atoms with Gasteiger partial charge in [0, 0.05) is 38.3 Å². The molecule has 3 N–H and O–H groups in total. The SMILES string of the molecule is O=C(NCCCOCC1CC1)NC1CCCCC1CO. The van der Waals surface area contributed by atoms with Crippen LogP contribution in [0.25, 0.3) is 0 Å². The first-order valence-corrected chi connectivity index (χ1v) is 8.02. The molecule has 5 nitrogen and oxygen atoms in total. The molecule has 0 radical (unpaired) electrons. The van der Waals surface area contributed by atoms with Crippen molar-refractivity contribution in [1.82, 2.24) is 10.6 Å². The first kappa shape index (κ1) is 15.6. The van der Waals surface area contributed by atoms with Crippen LogP contribution in [0.3, 0.4) is 0 Å². The van der Waals surface area contributed by atoms with Crippen molar-refractivity contribution in [2.45, 2.75) is 51.0 Å². The number of aliphatic hydroxyl groups excluding tert-OH is 1. The fourth-order valence-corrected chi connectivity index (χ4v) is 2.75. The van der Waals surface area contributed by atoms with Gasteiger partial charge in [0.2, 0.25) is 0 Å². The van der Waals surface area contributed by atoms with Gasteiger partial charge in [0.25, 0.3) is 0 Å². The molecule has 0 aromatic rings. The summed E-state index contributed by atoms with van der Waals surface area (Å²) in [6.07, 6.45) is 7.76. The molecule has 2 fully saturated rings. The average Bonchev–Trinajstić information content (AvgIpc) is 3.27. The number of nitrogens with one attached hydrogen (secondary N) is 2. The first-order valence-electron chi connectivity index (χ1n) is 8.02. The van der Waals surface area contributed by atoms with E-state index in [0.29, 0.717) is 6.54 Å². The lowest BCUT2D eigenvalue weighted by Crippen LogP contribution is -2.47. The third kappa shape index (κ3) is 5.67. The Bertz CT molecular complexity index is 295. The Balaban J connectivity index is 1.50. The van der Waals surface area contributed by atoms with Crippen LogP contribution in [0.4, 0.5) is 4.79 Å². The Kier molecular flexibility index (Phi) is 6.60. The van der Waals surface area contributed by atoms with E-state index >= 15 is 0 Å². The third-order valence-electron chi connectivity index (χ3n) is 4.26. The largest absolute Gasteiger partial charge is 0.396 e. The summed E-state index contributed by atoms with van der Waals surface area (Å²) in [7, 11) is 0. The predicted molar refractivity (Wildman–Crippen MR) is 77.5 cm³/mol. The van der Waals surface area contributed by atoms with Gasteiger partial charge in [0.15, 0.2) is 0 Å². The summed E-state index contributed by atoms with van der Waals surface area (Å²) in [6, 6.07) is 0.0115. The fourth-order valence-electron chi connectivity index (χ4n) is 2.75. The van der Waals surface area contributed by atoms with E-state index < -0.39 is 0 Å². The lowest BCUT2D eigenvalue weighted by molar-refractivity contribution is 0.122. The Hall–Kier alpha value is -0.810. The minimum absolute atomic E-state index is 0.113. The van der Waals surface area contributed by atoms with Gasteiger partial charge in [0.05, 0.1) is 0 Å². The van der Waals surface area contributed by atoms with Crippen molar-refractivity contribution in [2.24, 2.45) is 11.8 Å². The molecular formula is C15H28N2O3. The molecule has 0 aromatic carbocycles. The standard InChI is InChI=1S/C15H28N2O3/c18-10-13-4-1-2-5-14(13)17-15(19)16-8-3-9-20-11-12-6-7-12/h12-14,18H,1-11H2,(H2,16,17,19). The number of hydrogen-bond donors (Lipinski definition) is 3. The van der Waals surface area contributed by atoms with E-state index in [-0.39, 0.29) is 24.6 Å². The zero-order valence-electron chi connectivity index (χ0n) is 12.3. The highest BCUT2D eigenvalue weighted by atomic mass is 16.5. The van der Waals surface area contributed by atoms with Crippen LogP contribution in [0, 0.1) is 11.8 Å². The van der Waals surface area contributed by atoms with Crippen LogP contribution in [0.15, 0.2) is 0 Å². The molecule has 2 aliphatic rings. The third-order valence-corrected chi connectivity index (χ3v) is 4.26. The fraction of sp³-hybridized carbons (Fsp3) is 0.933. The van der Waals surface area contributed by atoms with Gasteiger partial charge in [-0.25, -0.2) is 4.79 Å². The molecule has 0 spiro atoms. The molecule has 20 heavy (non-hydrogen) atoms. The van der Waals surface area contributed by atoms with E-state index in [1.807, 2.05) is 0 Å². The van der Waals surface area contributed by atoms with E-state index in [2.05, 4.69) is 10.6 Å². The topological polar surface area (TPSA) is 70.6 Å². The van der Waals surface area contributed by atoms with Crippen LogP contribution in [0.2, 0.25) is 0 Å². The summed E-state index contributed by atoms with van der Waals surface area (Å²) in [5.74, 6) is 1.02. The molecule has 2 rings (SSSR count). The zero-order chi connectivity index (χ0) is 14.2. The van der Waals surface area contributed by atoms with Crippen LogP contribution in [-0.2, 0) is 4.74 Å². The minimum Gasteiger partial charge on any atom is -0.396 e. The number of aliphatic hydroxyl groups is 1. The number of hydrogen-bond acceptors (Lipinski definition) is 3. The second kappa shape index (κ2) is 8.47. The van der Waals surface area contributed by atoms with E-state index in [0.717, 1.165) is 51.2 Å². The molecule has 0 saturated heterocycles. The summed E-state index contributed by atoms with van der Waals surface area (Å²) >= 11 is 0. The monoisotopic (exact) mass is 284 g/mol. The maximum atomic E-state index is 11.8. The Morgan fingerprint density at radius 3 is 2.75 bits per heavy atom. The lowest BCUT2D eigenvalue weighted by atomic mass is 9.85. The number of rotatable bonds is 8. The molecule has 2 saturated carbocycles. The summed E-state index contributed by atoms with van der Waals surface area (Å²) in [6.45, 7) is 2.42. The van der Waals surface area contributed by atoms with Crippen LogP contribution < -0.4 is 10.6 Å². The second-order valence-corrected chi connectivity index (χ2v) is 6.11. The number of carbonyl (C=O) groups is 1. The Morgan fingerprint density at radius 2 is 2.00 bits per heavy atom. The predicted octanol–water partition coefficient (Wildman–Crippen LogP) is 1.65. The molecule has 2 unspecified atom stereocenters. The van der Waals surface area contributed by atoms with E-state index in [1.54, 1.807) is 0 Å². The van der Waals surface area contributed by atoms with Gasteiger partial charge >= 0.3 is 6.03 Å². The Morgan fingerprint density at radius 1 is 1.20 bits per heavy atom. The zero-order valence-corrected chi connectivity index (χ0v) is 12.3. The maximum absolute atomic E-state index is 11.8. The van der Waals surface area contributed by atoms with Crippen molar-refractivity contribution in [2.75, 3.05) is 26.4 Å². The highest BCUT2D eigenvalue weighted by Crippen LogP contribution is 2.28. The lowest BCUT2D eigenvalue weighted by Gasteiger charge is -2.30. The quantitative estimate of drug-likeness (QED) is 0.594. The first-order chi connectivity index (χ1) is 9.79. The molecule has 116 valence electrons. The van der Waals surface area contributed by atoms with E-state index in [1.165, 1.54) is 12.8 Å². The normalized spacial score (nSPS) is 26.2. The number of urea groups is 1. The Labute approximate surface area is 121 Å². The van der Waals surface area contributed by atoms with Crippen LogP contribution in [0.1, 0.15) is 44.9 Å². The van der Waals surface area contributed by atoms with E-state index in [4.69, 9.17) is 4.74 Å². The molecule has 2 aliphatic carbocycles. The average molecular weight is 284 g/mol. The molecule has 0 aromatic heterocycles. The number of amides is 2. The van der Waals surface area contributed by atoms with Crippen LogP contribution in [0.5, 0.6) is 0 Å². The van der Waals surface area contributed by atoms with Crippen LogP contribution in [-0.4, -0.2) is 43.5 Å². The van der Waals surface area contributed by atoms with Gasteiger partial charge in [0.1, 0.15) is 0 Å². The minimum atomic E-state index is -0.113. The summed E-state index contributed by atoms with van der Waals surface area (Å²) in [5.41, 5.74) is 0. The van der Waals surface area contributed by atoms with Crippen LogP contribution >= 0.6 is 0 Å². The summed E-state index contributed by atoms with van der Waals surface area (Å²) < 4.78 is 5.52. The molecular weight excluding hydrogens is 256 g/mol. The van der Waals surface area contributed by atoms with Crippen molar-refractivity contribution in [1.29, 1.82) is 0 Å². The second-order valence-electron chi connectivity index (χ2n) is 6.11. The maximum Gasteiger partial charge on any atom is 0.315 e. The molecule has 2 atom stereocenters. The molecule has 5 heteroatoms. The summed E-state index contributed by atoms with van der Waals surface area (Å²) in [5, 5.41) is 15.2. The van der Waals surface area contributed by atoms with Gasteiger partial charge < -0.3 is 20.5 Å². The van der Waals surface area contributed by atoms with Crippen molar-refractivity contribution in [3.63, 3.8) is 0 Å². The number of ether oxygens (including phenoxy) is 1. The van der Waals surface area contributed by atoms with Gasteiger partial charge in [-0.15, -0.1) is 0 Å². The highest BCUT2D eigenvalue weighted by molar-refractivity contribution is 5.74. The molecule has 0 bridgehead atoms. The summed E-state index contributed by atoms with van der Waals surface area (Å²) in [4.78, 5) is 11.8. The molecule has 2 amide bonds. The highest BCUT2D eigenvalue weighted by Gasteiger charge is 2.25. The van der Waals surface area contributed by atoms with Gasteiger partial charge in [-0.3, -0.25) is 0 Å². The van der Waals surface area contributed by atoms with E-state index in [9.17, 15) is 9.90 Å². The number of carbonyl (C=O) groups excluding carboxylic acids is 1. The molecule has 0 aliphatic heterocycles. The van der Waals surface area contributed by atoms with Crippen molar-refractivity contribution >= 4 is 6.03 Å². The van der Waals surface area contributed by atoms with Crippen molar-refractivity contribution < 1.29 is 14.6 Å². The van der Waals surface area contributed by atoms with Gasteiger partial charge in [-0.1, -0.05) is 12.8 Å². The van der Waals surface area contributed by atoms with Crippen molar-refractivity contribution in [3.05, 3.63) is 0 Å². The van der Waals surface area contributed by atoms with Gasteiger partial charge in [-0.2, -0.15) is 0 Å². The smallest absolute Gasteiger partial charge is 0.315 e. The molecule has 0 heterocycles. The van der Waals surface area contributed by atoms with Gasteiger partial charge in [-0.05, 0) is 38.0 Å². The van der Waals surface area contributed by atoms with Crippen molar-refractivity contribution in [3.8, 4) is 0 Å².